The molecule has 2 amide bonds. The molecule has 0 radical (unpaired) electrons. The first-order valence-electron chi connectivity index (χ1n) is 9.01. The number of rotatable bonds is 7. The molecule has 27 heavy (non-hydrogen) atoms. The van der Waals surface area contributed by atoms with Gasteiger partial charge in [-0.3, -0.25) is 4.57 Å². The summed E-state index contributed by atoms with van der Waals surface area (Å²) in [6.45, 7) is 1.15. The van der Waals surface area contributed by atoms with Gasteiger partial charge in [-0.2, -0.15) is 0 Å². The van der Waals surface area contributed by atoms with Crippen LogP contribution in [0.2, 0.25) is 0 Å². The van der Waals surface area contributed by atoms with Crippen molar-refractivity contribution in [1.29, 1.82) is 0 Å². The second kappa shape index (κ2) is 7.79. The van der Waals surface area contributed by atoms with Crippen LogP contribution in [0.25, 0.3) is 10.7 Å². The van der Waals surface area contributed by atoms with E-state index in [4.69, 9.17) is 0 Å². The van der Waals surface area contributed by atoms with Gasteiger partial charge >= 0.3 is 11.7 Å². The van der Waals surface area contributed by atoms with Crippen LogP contribution in [0.5, 0.6) is 0 Å². The molecule has 2 aromatic heterocycles. The molecule has 0 saturated heterocycles. The summed E-state index contributed by atoms with van der Waals surface area (Å²) in [5.41, 5.74) is 0.931. The minimum Gasteiger partial charge on any atom is -0.336 e. The van der Waals surface area contributed by atoms with Crippen LogP contribution in [-0.2, 0) is 13.1 Å². The molecule has 1 aliphatic rings. The van der Waals surface area contributed by atoms with E-state index in [0.717, 1.165) is 29.1 Å². The minimum absolute atomic E-state index is 0.104. The van der Waals surface area contributed by atoms with Crippen molar-refractivity contribution < 1.29 is 4.79 Å². The fraction of sp³-hybridized carbons (Fsp3) is 0.316. The highest BCUT2D eigenvalue weighted by Gasteiger charge is 2.30. The third kappa shape index (κ3) is 4.11. The predicted octanol–water partition coefficient (Wildman–Crippen LogP) is 2.61. The van der Waals surface area contributed by atoms with Crippen molar-refractivity contribution in [2.45, 2.75) is 32.0 Å². The molecule has 3 aromatic rings. The van der Waals surface area contributed by atoms with Gasteiger partial charge in [0.15, 0.2) is 5.82 Å². The highest BCUT2D eigenvalue weighted by molar-refractivity contribution is 7.13. The quantitative estimate of drug-likeness (QED) is 0.658. The van der Waals surface area contributed by atoms with Gasteiger partial charge in [-0.15, -0.1) is 16.4 Å². The lowest BCUT2D eigenvalue weighted by atomic mass is 10.2. The Kier molecular flexibility index (Phi) is 5.06. The molecule has 0 spiro atoms. The summed E-state index contributed by atoms with van der Waals surface area (Å²) in [4.78, 5) is 25.6. The van der Waals surface area contributed by atoms with Crippen molar-refractivity contribution in [2.75, 3.05) is 6.54 Å². The topological polar surface area (TPSA) is 81.0 Å². The lowest BCUT2D eigenvalue weighted by Crippen LogP contribution is -2.38. The monoisotopic (exact) mass is 383 g/mol. The number of urea groups is 1. The van der Waals surface area contributed by atoms with E-state index in [1.165, 1.54) is 4.68 Å². The predicted molar refractivity (Wildman–Crippen MR) is 105 cm³/mol. The van der Waals surface area contributed by atoms with Crippen molar-refractivity contribution >= 4 is 17.4 Å². The highest BCUT2D eigenvalue weighted by atomic mass is 32.1. The maximum Gasteiger partial charge on any atom is 0.346 e. The number of amides is 2. The largest absolute Gasteiger partial charge is 0.346 e. The summed E-state index contributed by atoms with van der Waals surface area (Å²) < 4.78 is 3.24. The lowest BCUT2D eigenvalue weighted by Gasteiger charge is -2.07. The molecular formula is C19H21N5O2S. The molecule has 1 fully saturated rings. The maximum atomic E-state index is 12.7. The number of hydrogen-bond donors (Lipinski definition) is 2. The van der Waals surface area contributed by atoms with Crippen LogP contribution in [0.3, 0.4) is 0 Å². The van der Waals surface area contributed by atoms with E-state index < -0.39 is 0 Å². The Bertz CT molecular complexity index is 958. The molecule has 0 unspecified atom stereocenters. The Labute approximate surface area is 160 Å². The van der Waals surface area contributed by atoms with Crippen LogP contribution in [0.15, 0.2) is 52.6 Å². The molecule has 7 nitrogen and oxygen atoms in total. The van der Waals surface area contributed by atoms with Crippen LogP contribution in [0.1, 0.15) is 24.4 Å². The molecule has 140 valence electrons. The number of nitrogens with zero attached hydrogens (tertiary/aromatic N) is 3. The number of thiophene rings is 1. The Morgan fingerprint density at radius 3 is 2.67 bits per heavy atom. The van der Waals surface area contributed by atoms with Crippen LogP contribution >= 0.6 is 11.3 Å². The Morgan fingerprint density at radius 1 is 1.15 bits per heavy atom. The average molecular weight is 383 g/mol. The third-order valence-electron chi connectivity index (χ3n) is 4.43. The first-order valence-corrected chi connectivity index (χ1v) is 9.89. The van der Waals surface area contributed by atoms with Crippen molar-refractivity contribution in [3.05, 3.63) is 63.9 Å². The molecule has 8 heteroatoms. The first kappa shape index (κ1) is 17.5. The van der Waals surface area contributed by atoms with Gasteiger partial charge in [-0.25, -0.2) is 14.3 Å². The van der Waals surface area contributed by atoms with Gasteiger partial charge in [-0.05, 0) is 29.9 Å². The first-order chi connectivity index (χ1) is 13.2. The minimum atomic E-state index is -0.257. The van der Waals surface area contributed by atoms with E-state index >= 15 is 0 Å². The summed E-state index contributed by atoms with van der Waals surface area (Å²) in [5.74, 6) is 0.728. The number of carbonyl (C=O) groups excluding carboxylic acids is 1. The van der Waals surface area contributed by atoms with Crippen LogP contribution in [-0.4, -0.2) is 26.9 Å². The summed E-state index contributed by atoms with van der Waals surface area (Å²) in [6.07, 6.45) is 2.04. The highest BCUT2D eigenvalue weighted by Crippen LogP contribution is 2.37. The molecular weight excluding hydrogens is 362 g/mol. The van der Waals surface area contributed by atoms with E-state index in [1.807, 2.05) is 47.8 Å². The summed E-state index contributed by atoms with van der Waals surface area (Å²) in [7, 11) is 0. The zero-order chi connectivity index (χ0) is 18.6. The third-order valence-corrected chi connectivity index (χ3v) is 5.29. The van der Waals surface area contributed by atoms with Gasteiger partial charge in [0.25, 0.3) is 0 Å². The normalized spacial score (nSPS) is 13.5. The van der Waals surface area contributed by atoms with E-state index in [9.17, 15) is 9.59 Å². The van der Waals surface area contributed by atoms with E-state index in [-0.39, 0.29) is 17.8 Å². The molecule has 1 aliphatic carbocycles. The fourth-order valence-corrected chi connectivity index (χ4v) is 3.62. The smallest absolute Gasteiger partial charge is 0.336 e. The number of benzene rings is 1. The van der Waals surface area contributed by atoms with Gasteiger partial charge in [-0.1, -0.05) is 36.4 Å². The maximum absolute atomic E-state index is 12.7. The van der Waals surface area contributed by atoms with Crippen molar-refractivity contribution in [1.82, 2.24) is 25.0 Å². The second-order valence-electron chi connectivity index (χ2n) is 6.50. The number of hydrogen-bond acceptors (Lipinski definition) is 4. The molecule has 0 atom stereocenters. The SMILES string of the molecule is O=C(NCCn1nc(-c2cccs2)n(C2CC2)c1=O)NCc1ccccc1. The van der Waals surface area contributed by atoms with Crippen molar-refractivity contribution in [3.63, 3.8) is 0 Å². The molecule has 1 saturated carbocycles. The average Bonchev–Trinajstić information content (AvgIpc) is 3.26. The zero-order valence-corrected chi connectivity index (χ0v) is 15.6. The molecule has 4 rings (SSSR count). The van der Waals surface area contributed by atoms with Crippen molar-refractivity contribution in [2.24, 2.45) is 0 Å². The van der Waals surface area contributed by atoms with Gasteiger partial charge < -0.3 is 10.6 Å². The molecule has 2 N–H and O–H groups in total. The van der Waals surface area contributed by atoms with Gasteiger partial charge in [0, 0.05) is 19.1 Å². The summed E-state index contributed by atoms with van der Waals surface area (Å²) in [5, 5.41) is 12.1. The van der Waals surface area contributed by atoms with Crippen LogP contribution in [0, 0.1) is 0 Å². The molecule has 2 heterocycles. The number of aromatic nitrogens is 3. The lowest BCUT2D eigenvalue weighted by molar-refractivity contribution is 0.240. The Morgan fingerprint density at radius 2 is 1.96 bits per heavy atom. The Balaban J connectivity index is 1.35. The van der Waals surface area contributed by atoms with Gasteiger partial charge in [0.1, 0.15) is 0 Å². The number of nitrogens with one attached hydrogen (secondary N) is 2. The fourth-order valence-electron chi connectivity index (χ4n) is 2.92. The number of carbonyl (C=O) groups is 1. The Hall–Kier alpha value is -2.87. The van der Waals surface area contributed by atoms with Crippen LogP contribution in [0.4, 0.5) is 4.79 Å². The zero-order valence-electron chi connectivity index (χ0n) is 14.8. The summed E-state index contributed by atoms with van der Waals surface area (Å²) in [6, 6.07) is 13.6. The standard InChI is InChI=1S/C19H21N5O2S/c25-18(21-13-14-5-2-1-3-6-14)20-10-11-23-19(26)24(15-8-9-15)17(22-23)16-7-4-12-27-16/h1-7,12,15H,8-11,13H2,(H2,20,21,25). The van der Waals surface area contributed by atoms with E-state index in [0.29, 0.717) is 19.6 Å². The van der Waals surface area contributed by atoms with Gasteiger partial charge in [0.05, 0.1) is 11.4 Å². The molecule has 1 aromatic carbocycles. The van der Waals surface area contributed by atoms with Crippen molar-refractivity contribution in [3.8, 4) is 10.7 Å². The van der Waals surface area contributed by atoms with Gasteiger partial charge in [0.2, 0.25) is 0 Å². The second-order valence-corrected chi connectivity index (χ2v) is 7.45. The van der Waals surface area contributed by atoms with Crippen LogP contribution < -0.4 is 16.3 Å². The van der Waals surface area contributed by atoms with E-state index in [2.05, 4.69) is 15.7 Å². The summed E-state index contributed by atoms with van der Waals surface area (Å²) >= 11 is 1.58. The van der Waals surface area contributed by atoms with E-state index in [1.54, 1.807) is 15.9 Å². The molecule has 0 bridgehead atoms. The molecule has 0 aliphatic heterocycles.